The fourth-order valence-electron chi connectivity index (χ4n) is 2.29. The Kier molecular flexibility index (Phi) is 4.70. The first-order valence-electron chi connectivity index (χ1n) is 7.37. The number of hydrogen-bond donors (Lipinski definition) is 1. The standard InChI is InChI=1S/C16H18N2O4/c19-16(15-8-10-22-18-15)17-12-4-6-13(7-5-12)21-11-14-3-1-2-9-20-14/h4-8,10,14H,1-3,9,11H2,(H,17,19). The summed E-state index contributed by atoms with van der Waals surface area (Å²) in [6.07, 6.45) is 4.92. The van der Waals surface area contributed by atoms with Gasteiger partial charge in [0.15, 0.2) is 5.69 Å². The SMILES string of the molecule is O=C(Nc1ccc(OCC2CCCCO2)cc1)c1ccon1. The van der Waals surface area contributed by atoms with Gasteiger partial charge in [-0.1, -0.05) is 5.16 Å². The van der Waals surface area contributed by atoms with E-state index in [-0.39, 0.29) is 17.7 Å². The van der Waals surface area contributed by atoms with Crippen molar-refractivity contribution in [3.8, 4) is 5.75 Å². The van der Waals surface area contributed by atoms with E-state index in [1.807, 2.05) is 12.1 Å². The molecular weight excluding hydrogens is 284 g/mol. The quantitative estimate of drug-likeness (QED) is 0.919. The number of aromatic nitrogens is 1. The van der Waals surface area contributed by atoms with Crippen LogP contribution in [0.1, 0.15) is 29.8 Å². The van der Waals surface area contributed by atoms with Gasteiger partial charge in [-0.2, -0.15) is 0 Å². The van der Waals surface area contributed by atoms with Gasteiger partial charge in [-0.3, -0.25) is 4.79 Å². The Morgan fingerprint density at radius 1 is 1.27 bits per heavy atom. The molecule has 3 rings (SSSR count). The molecule has 2 heterocycles. The number of anilines is 1. The van der Waals surface area contributed by atoms with Crippen LogP contribution in [0.4, 0.5) is 5.69 Å². The number of benzene rings is 1. The Balaban J connectivity index is 1.50. The maximum Gasteiger partial charge on any atom is 0.277 e. The van der Waals surface area contributed by atoms with Crippen LogP contribution in [0.5, 0.6) is 5.75 Å². The summed E-state index contributed by atoms with van der Waals surface area (Å²) in [5, 5.41) is 6.32. The molecule has 0 radical (unpaired) electrons. The summed E-state index contributed by atoms with van der Waals surface area (Å²) in [5.74, 6) is 0.451. The summed E-state index contributed by atoms with van der Waals surface area (Å²) in [6, 6.07) is 8.73. The van der Waals surface area contributed by atoms with Crippen LogP contribution in [0.2, 0.25) is 0 Å². The zero-order valence-corrected chi connectivity index (χ0v) is 12.2. The molecule has 116 valence electrons. The maximum atomic E-state index is 11.8. The zero-order valence-electron chi connectivity index (χ0n) is 12.2. The molecule has 1 aromatic heterocycles. The highest BCUT2D eigenvalue weighted by atomic mass is 16.5. The minimum atomic E-state index is -0.307. The van der Waals surface area contributed by atoms with Gasteiger partial charge in [0.2, 0.25) is 0 Å². The number of carbonyl (C=O) groups excluding carboxylic acids is 1. The molecule has 6 heteroatoms. The number of ether oxygens (including phenoxy) is 2. The van der Waals surface area contributed by atoms with E-state index < -0.39 is 0 Å². The van der Waals surface area contributed by atoms with E-state index in [1.54, 1.807) is 12.1 Å². The number of nitrogens with one attached hydrogen (secondary N) is 1. The normalized spacial score (nSPS) is 17.9. The summed E-state index contributed by atoms with van der Waals surface area (Å²) in [7, 11) is 0. The van der Waals surface area contributed by atoms with Gasteiger partial charge in [0.1, 0.15) is 18.6 Å². The van der Waals surface area contributed by atoms with Gasteiger partial charge in [-0.05, 0) is 43.5 Å². The summed E-state index contributed by atoms with van der Waals surface area (Å²) in [4.78, 5) is 11.8. The summed E-state index contributed by atoms with van der Waals surface area (Å²) in [5.41, 5.74) is 0.920. The van der Waals surface area contributed by atoms with E-state index in [0.29, 0.717) is 12.3 Å². The van der Waals surface area contributed by atoms with E-state index in [0.717, 1.165) is 25.2 Å². The van der Waals surface area contributed by atoms with Gasteiger partial charge in [-0.25, -0.2) is 0 Å². The first-order chi connectivity index (χ1) is 10.8. The smallest absolute Gasteiger partial charge is 0.277 e. The molecule has 0 aliphatic carbocycles. The van der Waals surface area contributed by atoms with Gasteiger partial charge in [0, 0.05) is 18.4 Å². The van der Waals surface area contributed by atoms with Crippen LogP contribution in [0, 0.1) is 0 Å². The molecule has 2 aromatic rings. The van der Waals surface area contributed by atoms with Crippen LogP contribution in [0.15, 0.2) is 41.1 Å². The third-order valence-corrected chi connectivity index (χ3v) is 3.49. The molecular formula is C16H18N2O4. The Morgan fingerprint density at radius 2 is 2.14 bits per heavy atom. The highest BCUT2D eigenvalue weighted by Crippen LogP contribution is 2.18. The molecule has 1 atom stereocenters. The Morgan fingerprint density at radius 3 is 2.82 bits per heavy atom. The second-order valence-corrected chi connectivity index (χ2v) is 5.16. The molecule has 6 nitrogen and oxygen atoms in total. The molecule has 1 aliphatic heterocycles. The van der Waals surface area contributed by atoms with Crippen molar-refractivity contribution in [2.75, 3.05) is 18.5 Å². The third kappa shape index (κ3) is 3.85. The molecule has 1 unspecified atom stereocenters. The van der Waals surface area contributed by atoms with Crippen molar-refractivity contribution in [3.63, 3.8) is 0 Å². The second-order valence-electron chi connectivity index (χ2n) is 5.16. The number of carbonyl (C=O) groups is 1. The summed E-state index contributed by atoms with van der Waals surface area (Å²) >= 11 is 0. The number of nitrogens with zero attached hydrogens (tertiary/aromatic N) is 1. The number of hydrogen-bond acceptors (Lipinski definition) is 5. The fourth-order valence-corrected chi connectivity index (χ4v) is 2.29. The van der Waals surface area contributed by atoms with Crippen LogP contribution in [0.25, 0.3) is 0 Å². The molecule has 0 bridgehead atoms. The van der Waals surface area contributed by atoms with Gasteiger partial charge in [0.25, 0.3) is 5.91 Å². The minimum absolute atomic E-state index is 0.181. The highest BCUT2D eigenvalue weighted by Gasteiger charge is 2.14. The predicted molar refractivity (Wildman–Crippen MR) is 80.0 cm³/mol. The van der Waals surface area contributed by atoms with Gasteiger partial charge in [-0.15, -0.1) is 0 Å². The predicted octanol–water partition coefficient (Wildman–Crippen LogP) is 2.87. The van der Waals surface area contributed by atoms with Gasteiger partial charge < -0.3 is 19.3 Å². The average molecular weight is 302 g/mol. The molecule has 1 aliphatic rings. The van der Waals surface area contributed by atoms with Crippen molar-refractivity contribution in [1.82, 2.24) is 5.16 Å². The van der Waals surface area contributed by atoms with Crippen molar-refractivity contribution in [2.24, 2.45) is 0 Å². The molecule has 0 saturated carbocycles. The first kappa shape index (κ1) is 14.6. The van der Waals surface area contributed by atoms with E-state index >= 15 is 0 Å². The average Bonchev–Trinajstić information content (AvgIpc) is 3.10. The lowest BCUT2D eigenvalue weighted by Crippen LogP contribution is -2.25. The van der Waals surface area contributed by atoms with Crippen LogP contribution in [-0.2, 0) is 4.74 Å². The Hall–Kier alpha value is -2.34. The van der Waals surface area contributed by atoms with Gasteiger partial charge >= 0.3 is 0 Å². The van der Waals surface area contributed by atoms with E-state index in [9.17, 15) is 4.79 Å². The Labute approximate surface area is 128 Å². The monoisotopic (exact) mass is 302 g/mol. The molecule has 1 fully saturated rings. The summed E-state index contributed by atoms with van der Waals surface area (Å²) < 4.78 is 16.0. The number of amides is 1. The topological polar surface area (TPSA) is 73.6 Å². The molecule has 1 aromatic carbocycles. The molecule has 1 N–H and O–H groups in total. The highest BCUT2D eigenvalue weighted by molar-refractivity contribution is 6.02. The second kappa shape index (κ2) is 7.09. The maximum absolute atomic E-state index is 11.8. The molecule has 1 saturated heterocycles. The molecule has 1 amide bonds. The van der Waals surface area contributed by atoms with Crippen LogP contribution >= 0.6 is 0 Å². The Bertz CT molecular complexity index is 589. The van der Waals surface area contributed by atoms with Crippen molar-refractivity contribution in [2.45, 2.75) is 25.4 Å². The first-order valence-corrected chi connectivity index (χ1v) is 7.37. The van der Waals surface area contributed by atoms with E-state index in [1.165, 1.54) is 18.8 Å². The van der Waals surface area contributed by atoms with Crippen LogP contribution < -0.4 is 10.1 Å². The van der Waals surface area contributed by atoms with E-state index in [2.05, 4.69) is 15.0 Å². The van der Waals surface area contributed by atoms with Crippen LogP contribution in [-0.4, -0.2) is 30.4 Å². The van der Waals surface area contributed by atoms with Crippen LogP contribution in [0.3, 0.4) is 0 Å². The summed E-state index contributed by atoms with van der Waals surface area (Å²) in [6.45, 7) is 1.38. The third-order valence-electron chi connectivity index (χ3n) is 3.49. The lowest BCUT2D eigenvalue weighted by atomic mass is 10.1. The lowest BCUT2D eigenvalue weighted by Gasteiger charge is -2.22. The van der Waals surface area contributed by atoms with Crippen molar-refractivity contribution in [1.29, 1.82) is 0 Å². The molecule has 0 spiro atoms. The minimum Gasteiger partial charge on any atom is -0.491 e. The van der Waals surface area contributed by atoms with Crippen molar-refractivity contribution < 1.29 is 18.8 Å². The largest absolute Gasteiger partial charge is 0.491 e. The van der Waals surface area contributed by atoms with Crippen molar-refractivity contribution >= 4 is 11.6 Å². The van der Waals surface area contributed by atoms with Crippen molar-refractivity contribution in [3.05, 3.63) is 42.3 Å². The lowest BCUT2D eigenvalue weighted by molar-refractivity contribution is -0.0110. The molecule has 22 heavy (non-hydrogen) atoms. The number of rotatable bonds is 5. The van der Waals surface area contributed by atoms with E-state index in [4.69, 9.17) is 9.47 Å². The zero-order chi connectivity index (χ0) is 15.2. The fraction of sp³-hybridized carbons (Fsp3) is 0.375. The van der Waals surface area contributed by atoms with Gasteiger partial charge in [0.05, 0.1) is 6.10 Å².